The van der Waals surface area contributed by atoms with E-state index in [0.29, 0.717) is 12.1 Å². The molecule has 1 aromatic heterocycles. The first-order chi connectivity index (χ1) is 13.1. The van der Waals surface area contributed by atoms with Crippen LogP contribution in [0.3, 0.4) is 0 Å². The predicted molar refractivity (Wildman–Crippen MR) is 101 cm³/mol. The smallest absolute Gasteiger partial charge is 0.233 e. The van der Waals surface area contributed by atoms with Crippen LogP contribution in [0.2, 0.25) is 0 Å². The van der Waals surface area contributed by atoms with Crippen LogP contribution in [0, 0.1) is 0 Å². The largest absolute Gasteiger partial charge is 0.419 e. The zero-order chi connectivity index (χ0) is 18.7. The third-order valence-electron chi connectivity index (χ3n) is 4.44. The van der Waals surface area contributed by atoms with Crippen LogP contribution in [0.5, 0.6) is 0 Å². The SMILES string of the molecule is O=S(=O)(c1ccccc1)c1nc(-c2ccccc2)oc1NC[C@H]1CCCO1. The van der Waals surface area contributed by atoms with E-state index in [1.807, 2.05) is 30.3 Å². The molecule has 0 spiro atoms. The van der Waals surface area contributed by atoms with E-state index >= 15 is 0 Å². The Bertz CT molecular complexity index is 995. The number of sulfone groups is 1. The first kappa shape index (κ1) is 17.8. The molecule has 140 valence electrons. The molecule has 1 fully saturated rings. The van der Waals surface area contributed by atoms with Gasteiger partial charge in [-0.3, -0.25) is 0 Å². The molecule has 0 radical (unpaired) electrons. The van der Waals surface area contributed by atoms with Crippen LogP contribution in [-0.4, -0.2) is 32.7 Å². The Morgan fingerprint density at radius 3 is 2.41 bits per heavy atom. The number of hydrogen-bond donors (Lipinski definition) is 1. The summed E-state index contributed by atoms with van der Waals surface area (Å²) < 4.78 is 37.6. The molecular formula is C20H20N2O4S. The first-order valence-electron chi connectivity index (χ1n) is 8.86. The third kappa shape index (κ3) is 3.74. The lowest BCUT2D eigenvalue weighted by Gasteiger charge is -2.10. The molecule has 1 aliphatic rings. The molecule has 2 aromatic carbocycles. The van der Waals surface area contributed by atoms with Gasteiger partial charge < -0.3 is 14.5 Å². The van der Waals surface area contributed by atoms with Crippen LogP contribution >= 0.6 is 0 Å². The van der Waals surface area contributed by atoms with Crippen molar-refractivity contribution >= 4 is 15.7 Å². The van der Waals surface area contributed by atoms with Gasteiger partial charge in [0, 0.05) is 18.7 Å². The second-order valence-electron chi connectivity index (χ2n) is 6.35. The number of hydrogen-bond acceptors (Lipinski definition) is 6. The third-order valence-corrected chi connectivity index (χ3v) is 6.12. The summed E-state index contributed by atoms with van der Waals surface area (Å²) in [7, 11) is -3.81. The van der Waals surface area contributed by atoms with Crippen molar-refractivity contribution in [1.29, 1.82) is 0 Å². The summed E-state index contributed by atoms with van der Waals surface area (Å²) in [5.74, 6) is 0.410. The normalized spacial score (nSPS) is 17.1. The highest BCUT2D eigenvalue weighted by Gasteiger charge is 2.29. The topological polar surface area (TPSA) is 81.4 Å². The van der Waals surface area contributed by atoms with Gasteiger partial charge >= 0.3 is 0 Å². The molecule has 1 N–H and O–H groups in total. The van der Waals surface area contributed by atoms with Gasteiger partial charge in [0.15, 0.2) is 0 Å². The van der Waals surface area contributed by atoms with Crippen molar-refractivity contribution in [1.82, 2.24) is 4.98 Å². The number of anilines is 1. The molecule has 0 amide bonds. The molecule has 7 heteroatoms. The fourth-order valence-electron chi connectivity index (χ4n) is 3.03. The average molecular weight is 384 g/mol. The quantitative estimate of drug-likeness (QED) is 0.697. The molecule has 1 atom stereocenters. The second-order valence-corrected chi connectivity index (χ2v) is 8.22. The minimum absolute atomic E-state index is 0.0440. The van der Waals surface area contributed by atoms with Crippen LogP contribution in [0.4, 0.5) is 5.88 Å². The van der Waals surface area contributed by atoms with Gasteiger partial charge in [-0.1, -0.05) is 36.4 Å². The average Bonchev–Trinajstić information content (AvgIpc) is 3.38. The fraction of sp³-hybridized carbons (Fsp3) is 0.250. The Hall–Kier alpha value is -2.64. The zero-order valence-electron chi connectivity index (χ0n) is 14.7. The van der Waals surface area contributed by atoms with E-state index in [2.05, 4.69) is 10.3 Å². The maximum atomic E-state index is 13.1. The summed E-state index contributed by atoms with van der Waals surface area (Å²) >= 11 is 0. The number of ether oxygens (including phenoxy) is 1. The van der Waals surface area contributed by atoms with E-state index in [4.69, 9.17) is 9.15 Å². The van der Waals surface area contributed by atoms with Crippen molar-refractivity contribution in [2.45, 2.75) is 28.9 Å². The number of aromatic nitrogens is 1. The molecule has 0 aliphatic carbocycles. The van der Waals surface area contributed by atoms with Crippen molar-refractivity contribution < 1.29 is 17.6 Å². The Labute approximate surface area is 158 Å². The molecular weight excluding hydrogens is 364 g/mol. The molecule has 1 aliphatic heterocycles. The van der Waals surface area contributed by atoms with Crippen LogP contribution < -0.4 is 5.32 Å². The van der Waals surface area contributed by atoms with E-state index in [1.165, 1.54) is 0 Å². The number of nitrogens with one attached hydrogen (secondary N) is 1. The molecule has 27 heavy (non-hydrogen) atoms. The molecule has 2 heterocycles. The lowest BCUT2D eigenvalue weighted by atomic mass is 10.2. The summed E-state index contributed by atoms with van der Waals surface area (Å²) in [4.78, 5) is 4.49. The summed E-state index contributed by atoms with van der Waals surface area (Å²) in [5.41, 5.74) is 0.715. The van der Waals surface area contributed by atoms with Gasteiger partial charge in [0.05, 0.1) is 11.0 Å². The van der Waals surface area contributed by atoms with Gasteiger partial charge in [0.1, 0.15) is 0 Å². The van der Waals surface area contributed by atoms with Crippen molar-refractivity contribution in [3.8, 4) is 11.5 Å². The maximum Gasteiger partial charge on any atom is 0.233 e. The van der Waals surface area contributed by atoms with Gasteiger partial charge in [-0.2, -0.15) is 4.98 Å². The van der Waals surface area contributed by atoms with Gasteiger partial charge in [-0.05, 0) is 37.1 Å². The Balaban J connectivity index is 1.72. The molecule has 0 bridgehead atoms. The van der Waals surface area contributed by atoms with Crippen LogP contribution in [0.15, 0.2) is 75.0 Å². The molecule has 3 aromatic rings. The molecule has 1 saturated heterocycles. The fourth-order valence-corrected chi connectivity index (χ4v) is 4.33. The maximum absolute atomic E-state index is 13.1. The van der Waals surface area contributed by atoms with E-state index in [9.17, 15) is 8.42 Å². The standard InChI is InChI=1S/C20H20N2O4S/c23-27(24,17-11-5-2-6-12-17)20-19(21-14-16-10-7-13-25-16)26-18(22-20)15-8-3-1-4-9-15/h1-6,8-9,11-12,16,21H,7,10,13-14H2/t16-/m1/s1. The number of oxazole rings is 1. The number of rotatable bonds is 6. The first-order valence-corrected chi connectivity index (χ1v) is 10.3. The Morgan fingerprint density at radius 1 is 1.04 bits per heavy atom. The molecule has 0 saturated carbocycles. The molecule has 6 nitrogen and oxygen atoms in total. The summed E-state index contributed by atoms with van der Waals surface area (Å²) in [6.07, 6.45) is 1.99. The summed E-state index contributed by atoms with van der Waals surface area (Å²) in [5, 5.41) is 2.98. The molecule has 0 unspecified atom stereocenters. The second kappa shape index (κ2) is 7.54. The minimum atomic E-state index is -3.81. The summed E-state index contributed by atoms with van der Waals surface area (Å²) in [6, 6.07) is 17.5. The van der Waals surface area contributed by atoms with E-state index < -0.39 is 9.84 Å². The van der Waals surface area contributed by atoms with Crippen LogP contribution in [0.1, 0.15) is 12.8 Å². The number of nitrogens with zero attached hydrogens (tertiary/aromatic N) is 1. The molecule has 4 rings (SSSR count). The van der Waals surface area contributed by atoms with Crippen molar-refractivity contribution in [3.63, 3.8) is 0 Å². The number of benzene rings is 2. The highest BCUT2D eigenvalue weighted by Crippen LogP contribution is 2.32. The van der Waals surface area contributed by atoms with Crippen molar-refractivity contribution in [2.75, 3.05) is 18.5 Å². The van der Waals surface area contributed by atoms with Gasteiger partial charge in [-0.25, -0.2) is 8.42 Å². The van der Waals surface area contributed by atoms with Crippen LogP contribution in [-0.2, 0) is 14.6 Å². The van der Waals surface area contributed by atoms with E-state index in [0.717, 1.165) is 19.4 Å². The summed E-state index contributed by atoms with van der Waals surface area (Å²) in [6.45, 7) is 1.20. The van der Waals surface area contributed by atoms with Gasteiger partial charge in [0.25, 0.3) is 0 Å². The lowest BCUT2D eigenvalue weighted by molar-refractivity contribution is 0.120. The highest BCUT2D eigenvalue weighted by atomic mass is 32.2. The van der Waals surface area contributed by atoms with Crippen molar-refractivity contribution in [2.24, 2.45) is 0 Å². The van der Waals surface area contributed by atoms with Gasteiger partial charge in [0.2, 0.25) is 26.6 Å². The van der Waals surface area contributed by atoms with Crippen LogP contribution in [0.25, 0.3) is 11.5 Å². The highest BCUT2D eigenvalue weighted by molar-refractivity contribution is 7.91. The van der Waals surface area contributed by atoms with Gasteiger partial charge in [-0.15, -0.1) is 0 Å². The lowest BCUT2D eigenvalue weighted by Crippen LogP contribution is -2.19. The van der Waals surface area contributed by atoms with E-state index in [1.54, 1.807) is 30.3 Å². The van der Waals surface area contributed by atoms with E-state index in [-0.39, 0.29) is 27.8 Å². The zero-order valence-corrected chi connectivity index (χ0v) is 15.5. The monoisotopic (exact) mass is 384 g/mol. The predicted octanol–water partition coefficient (Wildman–Crippen LogP) is 3.77. The van der Waals surface area contributed by atoms with Crippen molar-refractivity contribution in [3.05, 3.63) is 60.7 Å². The minimum Gasteiger partial charge on any atom is -0.419 e. The Kier molecular flexibility index (Phi) is 4.96. The Morgan fingerprint density at radius 2 is 1.74 bits per heavy atom.